The highest BCUT2D eigenvalue weighted by Gasteiger charge is 2.48. The van der Waals surface area contributed by atoms with Gasteiger partial charge in [-0.3, -0.25) is 4.90 Å². The fraction of sp³-hybridized carbons (Fsp3) is 0.381. The van der Waals surface area contributed by atoms with Crippen LogP contribution in [0.2, 0.25) is 0 Å². The number of alkyl carbamates (subject to hydrolysis) is 1. The number of amides is 1. The lowest BCUT2D eigenvalue weighted by Gasteiger charge is -2.26. The smallest absolute Gasteiger partial charge is 0.407 e. The molecule has 2 aromatic carbocycles. The number of ether oxygens (including phenoxy) is 1. The van der Waals surface area contributed by atoms with Crippen molar-refractivity contribution in [2.45, 2.75) is 30.9 Å². The second-order valence-corrected chi connectivity index (χ2v) is 7.16. The minimum Gasteiger partial charge on any atom is -0.441 e. The third kappa shape index (κ3) is 3.02. The zero-order valence-electron chi connectivity index (χ0n) is 14.6. The standard InChI is InChI=1S/C21H24N2O2/c1-22-20(24)25-19-13-21(18-10-6-5-9-17(18)19)11-12-23(15-21)14-16-7-3-2-4-8-16/h2-10,19H,11-15H2,1H3,(H,22,24). The Kier molecular flexibility index (Phi) is 4.22. The molecule has 1 saturated heterocycles. The van der Waals surface area contributed by atoms with E-state index in [-0.39, 0.29) is 17.6 Å². The maximum atomic E-state index is 11.7. The van der Waals surface area contributed by atoms with E-state index in [0.29, 0.717) is 0 Å². The number of carbonyl (C=O) groups is 1. The van der Waals surface area contributed by atoms with Gasteiger partial charge in [-0.25, -0.2) is 4.79 Å². The number of benzene rings is 2. The number of nitrogens with one attached hydrogen (secondary N) is 1. The van der Waals surface area contributed by atoms with E-state index in [1.54, 1.807) is 7.05 Å². The first-order valence-electron chi connectivity index (χ1n) is 8.94. The second kappa shape index (κ2) is 6.52. The Morgan fingerprint density at radius 3 is 2.76 bits per heavy atom. The molecule has 1 fully saturated rings. The molecule has 4 rings (SSSR count). The van der Waals surface area contributed by atoms with Gasteiger partial charge in [0.05, 0.1) is 0 Å². The maximum Gasteiger partial charge on any atom is 0.407 e. The predicted molar refractivity (Wildman–Crippen MR) is 97.4 cm³/mol. The molecule has 0 radical (unpaired) electrons. The second-order valence-electron chi connectivity index (χ2n) is 7.16. The van der Waals surface area contributed by atoms with Gasteiger partial charge in [0, 0.05) is 25.6 Å². The van der Waals surface area contributed by atoms with Gasteiger partial charge in [0.15, 0.2) is 0 Å². The monoisotopic (exact) mass is 336 g/mol. The summed E-state index contributed by atoms with van der Waals surface area (Å²) in [6, 6.07) is 19.1. The van der Waals surface area contributed by atoms with Gasteiger partial charge in [0.1, 0.15) is 6.10 Å². The minimum atomic E-state index is -0.351. The van der Waals surface area contributed by atoms with Gasteiger partial charge in [-0.2, -0.15) is 0 Å². The van der Waals surface area contributed by atoms with Crippen molar-refractivity contribution in [3.05, 3.63) is 71.3 Å². The van der Waals surface area contributed by atoms with E-state index in [0.717, 1.165) is 32.5 Å². The van der Waals surface area contributed by atoms with Crippen molar-refractivity contribution in [3.8, 4) is 0 Å². The Morgan fingerprint density at radius 2 is 1.96 bits per heavy atom. The number of rotatable bonds is 3. The van der Waals surface area contributed by atoms with E-state index < -0.39 is 0 Å². The summed E-state index contributed by atoms with van der Waals surface area (Å²) in [6.45, 7) is 3.08. The molecule has 0 saturated carbocycles. The number of nitrogens with zero attached hydrogens (tertiary/aromatic N) is 1. The van der Waals surface area contributed by atoms with Crippen LogP contribution in [-0.4, -0.2) is 31.1 Å². The highest BCUT2D eigenvalue weighted by molar-refractivity contribution is 5.67. The van der Waals surface area contributed by atoms with Crippen molar-refractivity contribution in [3.63, 3.8) is 0 Å². The van der Waals surface area contributed by atoms with Crippen LogP contribution in [0.3, 0.4) is 0 Å². The van der Waals surface area contributed by atoms with Crippen LogP contribution in [-0.2, 0) is 16.7 Å². The summed E-state index contributed by atoms with van der Waals surface area (Å²) in [5.74, 6) is 0. The summed E-state index contributed by atoms with van der Waals surface area (Å²) in [7, 11) is 1.61. The molecule has 0 bridgehead atoms. The molecule has 130 valence electrons. The average Bonchev–Trinajstić information content (AvgIpc) is 3.18. The van der Waals surface area contributed by atoms with Crippen LogP contribution in [0.4, 0.5) is 4.79 Å². The zero-order valence-corrected chi connectivity index (χ0v) is 14.6. The molecule has 4 heteroatoms. The fourth-order valence-corrected chi connectivity index (χ4v) is 4.45. The summed E-state index contributed by atoms with van der Waals surface area (Å²) in [4.78, 5) is 14.3. The van der Waals surface area contributed by atoms with Gasteiger partial charge >= 0.3 is 6.09 Å². The molecule has 25 heavy (non-hydrogen) atoms. The lowest BCUT2D eigenvalue weighted by molar-refractivity contribution is 0.0899. The Labute approximate surface area is 148 Å². The average molecular weight is 336 g/mol. The van der Waals surface area contributed by atoms with Gasteiger partial charge in [-0.05, 0) is 36.1 Å². The van der Waals surface area contributed by atoms with Crippen molar-refractivity contribution < 1.29 is 9.53 Å². The van der Waals surface area contributed by atoms with Crippen LogP contribution in [0, 0.1) is 0 Å². The van der Waals surface area contributed by atoms with E-state index in [1.807, 2.05) is 6.07 Å². The molecule has 2 aliphatic rings. The largest absolute Gasteiger partial charge is 0.441 e. The van der Waals surface area contributed by atoms with Gasteiger partial charge in [0.25, 0.3) is 0 Å². The number of likely N-dealkylation sites (tertiary alicyclic amines) is 1. The van der Waals surface area contributed by atoms with E-state index in [2.05, 4.69) is 58.7 Å². The summed E-state index contributed by atoms with van der Waals surface area (Å²) in [5.41, 5.74) is 3.99. The normalized spacial score (nSPS) is 25.1. The van der Waals surface area contributed by atoms with Crippen LogP contribution >= 0.6 is 0 Å². The molecule has 4 nitrogen and oxygen atoms in total. The molecule has 1 heterocycles. The van der Waals surface area contributed by atoms with Gasteiger partial charge in [-0.15, -0.1) is 0 Å². The molecule has 2 unspecified atom stereocenters. The summed E-state index contributed by atoms with van der Waals surface area (Å²) in [6.07, 6.45) is 1.50. The van der Waals surface area contributed by atoms with Gasteiger partial charge in [-0.1, -0.05) is 54.6 Å². The van der Waals surface area contributed by atoms with Crippen molar-refractivity contribution in [1.29, 1.82) is 0 Å². The topological polar surface area (TPSA) is 41.6 Å². The molecule has 0 aromatic heterocycles. The van der Waals surface area contributed by atoms with Gasteiger partial charge < -0.3 is 10.1 Å². The highest BCUT2D eigenvalue weighted by atomic mass is 16.6. The lowest BCUT2D eigenvalue weighted by atomic mass is 9.81. The van der Waals surface area contributed by atoms with Crippen molar-refractivity contribution in [1.82, 2.24) is 10.2 Å². The third-order valence-corrected chi connectivity index (χ3v) is 5.59. The first-order valence-corrected chi connectivity index (χ1v) is 8.94. The molecule has 2 aromatic rings. The number of hydrogen-bond acceptors (Lipinski definition) is 3. The predicted octanol–water partition coefficient (Wildman–Crippen LogP) is 3.63. The summed E-state index contributed by atoms with van der Waals surface area (Å²) in [5, 5.41) is 2.57. The third-order valence-electron chi connectivity index (χ3n) is 5.59. The van der Waals surface area contributed by atoms with Crippen LogP contribution in [0.5, 0.6) is 0 Å². The van der Waals surface area contributed by atoms with Crippen LogP contribution in [0.1, 0.15) is 35.6 Å². The Hall–Kier alpha value is -2.33. The van der Waals surface area contributed by atoms with E-state index in [4.69, 9.17) is 4.74 Å². The Balaban J connectivity index is 1.55. The Morgan fingerprint density at radius 1 is 1.20 bits per heavy atom. The zero-order chi connectivity index (χ0) is 17.3. The summed E-state index contributed by atoms with van der Waals surface area (Å²) >= 11 is 0. The molecule has 1 amide bonds. The van der Waals surface area contributed by atoms with Crippen LogP contribution < -0.4 is 5.32 Å². The minimum absolute atomic E-state index is 0.101. The first kappa shape index (κ1) is 16.2. The number of hydrogen-bond donors (Lipinski definition) is 1. The van der Waals surface area contributed by atoms with Crippen LogP contribution in [0.25, 0.3) is 0 Å². The molecule has 1 aliphatic carbocycles. The number of carbonyl (C=O) groups excluding carboxylic acids is 1. The fourth-order valence-electron chi connectivity index (χ4n) is 4.45. The molecule has 1 spiro atoms. The van der Waals surface area contributed by atoms with E-state index >= 15 is 0 Å². The number of fused-ring (bicyclic) bond motifs is 2. The highest BCUT2D eigenvalue weighted by Crippen LogP contribution is 2.51. The van der Waals surface area contributed by atoms with E-state index in [9.17, 15) is 4.79 Å². The summed E-state index contributed by atoms with van der Waals surface area (Å²) < 4.78 is 5.66. The van der Waals surface area contributed by atoms with Crippen LogP contribution in [0.15, 0.2) is 54.6 Å². The molecule has 1 N–H and O–H groups in total. The van der Waals surface area contributed by atoms with Crippen molar-refractivity contribution >= 4 is 6.09 Å². The van der Waals surface area contributed by atoms with Gasteiger partial charge in [0.2, 0.25) is 0 Å². The molecular formula is C21H24N2O2. The maximum absolute atomic E-state index is 11.7. The van der Waals surface area contributed by atoms with Crippen molar-refractivity contribution in [2.24, 2.45) is 0 Å². The SMILES string of the molecule is CNC(=O)OC1CC2(CCN(Cc3ccccc3)C2)c2ccccc21. The molecule has 2 atom stereocenters. The Bertz CT molecular complexity index is 762. The molecular weight excluding hydrogens is 312 g/mol. The lowest BCUT2D eigenvalue weighted by Crippen LogP contribution is -2.29. The van der Waals surface area contributed by atoms with Crippen molar-refractivity contribution in [2.75, 3.05) is 20.1 Å². The first-order chi connectivity index (χ1) is 12.2. The quantitative estimate of drug-likeness (QED) is 0.930. The molecule has 1 aliphatic heterocycles. The van der Waals surface area contributed by atoms with E-state index in [1.165, 1.54) is 16.7 Å².